The summed E-state index contributed by atoms with van der Waals surface area (Å²) in [6.45, 7) is 0. The van der Waals surface area contributed by atoms with Gasteiger partial charge in [0.15, 0.2) is 20.6 Å². The van der Waals surface area contributed by atoms with Gasteiger partial charge in [0.25, 0.3) is 0 Å². The number of carbonyl (C=O) groups is 1. The molecule has 0 amide bonds. The fourth-order valence-corrected chi connectivity index (χ4v) is 3.11. The van der Waals surface area contributed by atoms with Gasteiger partial charge in [-0.1, -0.05) is 0 Å². The first kappa shape index (κ1) is 13.8. The Hall–Kier alpha value is -1.64. The number of carboxylic acids is 1. The molecule has 0 aromatic carbocycles. The van der Waals surface area contributed by atoms with E-state index in [0.29, 0.717) is 18.9 Å². The Labute approximate surface area is 106 Å². The minimum atomic E-state index is -5.02. The number of hydrogen-bond donors (Lipinski definition) is 1. The predicted molar refractivity (Wildman–Crippen MR) is 56.4 cm³/mol. The second-order valence-corrected chi connectivity index (χ2v) is 6.27. The summed E-state index contributed by atoms with van der Waals surface area (Å²) in [6, 6.07) is 1.42. The average Bonchev–Trinajstić information content (AvgIpc) is 3.10. The Morgan fingerprint density at radius 1 is 1.32 bits per heavy atom. The predicted octanol–water partition coefficient (Wildman–Crippen LogP) is 1.73. The second-order valence-electron chi connectivity index (χ2n) is 4.09. The number of nitrogens with zero attached hydrogens (tertiary/aromatic N) is 1. The van der Waals surface area contributed by atoms with Gasteiger partial charge in [0.2, 0.25) is 0 Å². The van der Waals surface area contributed by atoms with Crippen LogP contribution in [0.2, 0.25) is 0 Å². The number of aromatic carboxylic acids is 1. The number of halogens is 3. The molecule has 1 N–H and O–H groups in total. The molecule has 104 valence electrons. The fourth-order valence-electron chi connectivity index (χ4n) is 1.54. The van der Waals surface area contributed by atoms with Gasteiger partial charge in [-0.15, -0.1) is 0 Å². The van der Waals surface area contributed by atoms with E-state index < -0.39 is 43.5 Å². The molecule has 1 saturated carbocycles. The molecule has 0 aliphatic heterocycles. The lowest BCUT2D eigenvalue weighted by atomic mass is 10.2. The van der Waals surface area contributed by atoms with E-state index in [1.54, 1.807) is 0 Å². The molecule has 1 aromatic rings. The number of rotatable bonds is 3. The number of hydrogen-bond acceptors (Lipinski definition) is 4. The third-order valence-electron chi connectivity index (χ3n) is 2.62. The van der Waals surface area contributed by atoms with E-state index in [0.717, 1.165) is 6.07 Å². The summed E-state index contributed by atoms with van der Waals surface area (Å²) in [5, 5.41) is 7.21. The molecular formula is C10H8F3NO4S. The Bertz CT molecular complexity index is 635. The van der Waals surface area contributed by atoms with E-state index in [4.69, 9.17) is 5.11 Å². The normalized spacial score (nSPS) is 16.4. The van der Waals surface area contributed by atoms with Crippen LogP contribution in [0.15, 0.2) is 17.2 Å². The topological polar surface area (TPSA) is 84.3 Å². The van der Waals surface area contributed by atoms with E-state index in [2.05, 4.69) is 4.98 Å². The van der Waals surface area contributed by atoms with Crippen molar-refractivity contribution >= 4 is 15.8 Å². The maximum atomic E-state index is 12.7. The first-order chi connectivity index (χ1) is 8.64. The Morgan fingerprint density at radius 3 is 2.32 bits per heavy atom. The quantitative estimate of drug-likeness (QED) is 0.918. The monoisotopic (exact) mass is 295 g/mol. The van der Waals surface area contributed by atoms with Crippen molar-refractivity contribution in [3.8, 4) is 0 Å². The van der Waals surface area contributed by atoms with E-state index >= 15 is 0 Å². The first-order valence-corrected chi connectivity index (χ1v) is 6.74. The second kappa shape index (κ2) is 4.19. The van der Waals surface area contributed by atoms with E-state index in [1.165, 1.54) is 0 Å². The summed E-state index contributed by atoms with van der Waals surface area (Å²) in [4.78, 5) is 13.7. The van der Waals surface area contributed by atoms with Crippen molar-refractivity contribution in [3.63, 3.8) is 0 Å². The van der Waals surface area contributed by atoms with Crippen molar-refractivity contribution in [2.75, 3.05) is 0 Å². The molecule has 0 spiro atoms. The van der Waals surface area contributed by atoms with Crippen LogP contribution in [0.1, 0.15) is 28.9 Å². The zero-order valence-corrected chi connectivity index (χ0v) is 10.1. The van der Waals surface area contributed by atoms with Crippen LogP contribution in [0.25, 0.3) is 0 Å². The molecule has 1 fully saturated rings. The third-order valence-corrected chi connectivity index (χ3v) is 4.78. The largest absolute Gasteiger partial charge is 0.478 e. The standard InChI is InChI=1S/C10H8F3NO4S/c11-10(12,13)8-6(9(15)16)3-4-7(14-8)19(17,18)5-1-2-5/h3-5H,1-2H2,(H,15,16). The molecule has 5 nitrogen and oxygen atoms in total. The first-order valence-electron chi connectivity index (χ1n) is 5.19. The number of aromatic nitrogens is 1. The highest BCUT2D eigenvalue weighted by Gasteiger charge is 2.42. The minimum absolute atomic E-state index is 0.381. The van der Waals surface area contributed by atoms with Gasteiger partial charge in [-0.05, 0) is 25.0 Å². The van der Waals surface area contributed by atoms with Gasteiger partial charge < -0.3 is 5.11 Å². The van der Waals surface area contributed by atoms with Gasteiger partial charge in [-0.2, -0.15) is 13.2 Å². The van der Waals surface area contributed by atoms with Crippen LogP contribution >= 0.6 is 0 Å². The SMILES string of the molecule is O=C(O)c1ccc(S(=O)(=O)C2CC2)nc1C(F)(F)F. The number of sulfone groups is 1. The summed E-state index contributed by atoms with van der Waals surface area (Å²) < 4.78 is 61.6. The number of carboxylic acid groups (broad SMARTS) is 1. The van der Waals surface area contributed by atoms with E-state index in [9.17, 15) is 26.4 Å². The van der Waals surface area contributed by atoms with Gasteiger partial charge in [0, 0.05) is 0 Å². The molecule has 2 rings (SSSR count). The molecule has 0 atom stereocenters. The summed E-state index contributed by atoms with van der Waals surface area (Å²) in [6.07, 6.45) is -4.26. The zero-order valence-electron chi connectivity index (χ0n) is 9.31. The molecule has 1 aliphatic carbocycles. The maximum Gasteiger partial charge on any atom is 0.434 e. The van der Waals surface area contributed by atoms with Crippen molar-refractivity contribution in [3.05, 3.63) is 23.4 Å². The lowest BCUT2D eigenvalue weighted by molar-refractivity contribution is -0.142. The van der Waals surface area contributed by atoms with Crippen LogP contribution in [0.3, 0.4) is 0 Å². The Balaban J connectivity index is 2.59. The molecular weight excluding hydrogens is 287 g/mol. The average molecular weight is 295 g/mol. The summed E-state index contributed by atoms with van der Waals surface area (Å²) in [5.41, 5.74) is -2.76. The van der Waals surface area contributed by atoms with Gasteiger partial charge >= 0.3 is 12.1 Å². The summed E-state index contributed by atoms with van der Waals surface area (Å²) in [5.74, 6) is -1.81. The Kier molecular flexibility index (Phi) is 3.04. The van der Waals surface area contributed by atoms with Crippen molar-refractivity contribution in [1.82, 2.24) is 4.98 Å². The molecule has 1 aliphatic rings. The Morgan fingerprint density at radius 2 is 1.89 bits per heavy atom. The van der Waals surface area contributed by atoms with Crippen LogP contribution in [0.5, 0.6) is 0 Å². The van der Waals surface area contributed by atoms with Gasteiger partial charge in [-0.3, -0.25) is 0 Å². The van der Waals surface area contributed by atoms with Crippen LogP contribution in [-0.4, -0.2) is 29.7 Å². The third kappa shape index (κ3) is 2.55. The number of pyridine rings is 1. The number of alkyl halides is 3. The van der Waals surface area contributed by atoms with Crippen LogP contribution in [-0.2, 0) is 16.0 Å². The summed E-state index contributed by atoms with van der Waals surface area (Å²) in [7, 11) is -3.90. The molecule has 19 heavy (non-hydrogen) atoms. The zero-order chi connectivity index (χ0) is 14.4. The minimum Gasteiger partial charge on any atom is -0.478 e. The summed E-state index contributed by atoms with van der Waals surface area (Å²) >= 11 is 0. The highest BCUT2D eigenvalue weighted by molar-refractivity contribution is 7.92. The lowest BCUT2D eigenvalue weighted by Crippen LogP contribution is -2.19. The van der Waals surface area contributed by atoms with Crippen molar-refractivity contribution < 1.29 is 31.5 Å². The molecule has 1 heterocycles. The molecule has 0 bridgehead atoms. The van der Waals surface area contributed by atoms with Crippen LogP contribution in [0, 0.1) is 0 Å². The molecule has 1 aromatic heterocycles. The molecule has 0 radical (unpaired) electrons. The van der Waals surface area contributed by atoms with E-state index in [1.807, 2.05) is 0 Å². The highest BCUT2D eigenvalue weighted by Crippen LogP contribution is 2.35. The van der Waals surface area contributed by atoms with Gasteiger partial charge in [-0.25, -0.2) is 18.2 Å². The van der Waals surface area contributed by atoms with Crippen LogP contribution in [0.4, 0.5) is 13.2 Å². The smallest absolute Gasteiger partial charge is 0.434 e. The van der Waals surface area contributed by atoms with E-state index in [-0.39, 0.29) is 0 Å². The van der Waals surface area contributed by atoms with Gasteiger partial charge in [0.1, 0.15) is 0 Å². The van der Waals surface area contributed by atoms with Crippen molar-refractivity contribution in [2.24, 2.45) is 0 Å². The molecule has 9 heteroatoms. The molecule has 0 saturated heterocycles. The van der Waals surface area contributed by atoms with Crippen molar-refractivity contribution in [2.45, 2.75) is 29.3 Å². The fraction of sp³-hybridized carbons (Fsp3) is 0.400. The highest BCUT2D eigenvalue weighted by atomic mass is 32.2. The van der Waals surface area contributed by atoms with Crippen LogP contribution < -0.4 is 0 Å². The van der Waals surface area contributed by atoms with Gasteiger partial charge in [0.05, 0.1) is 10.8 Å². The molecule has 0 unspecified atom stereocenters. The lowest BCUT2D eigenvalue weighted by Gasteiger charge is -2.11. The maximum absolute atomic E-state index is 12.7. The van der Waals surface area contributed by atoms with Crippen molar-refractivity contribution in [1.29, 1.82) is 0 Å².